The van der Waals surface area contributed by atoms with Crippen LogP contribution in [0.25, 0.3) is 0 Å². The topological polar surface area (TPSA) is 55.9 Å². The van der Waals surface area contributed by atoms with E-state index in [2.05, 4.69) is 0 Å². The van der Waals surface area contributed by atoms with Gasteiger partial charge in [0.05, 0.1) is 13.2 Å². The number of hydrogen-bond acceptors (Lipinski definition) is 4. The fraction of sp³-hybridized carbons (Fsp3) is 0.400. The average Bonchev–Trinajstić information content (AvgIpc) is 2.99. The quantitative estimate of drug-likeness (QED) is 0.555. The van der Waals surface area contributed by atoms with Gasteiger partial charge in [-0.2, -0.15) is 8.42 Å². The molecule has 2 rings (SSSR count). The van der Waals surface area contributed by atoms with Gasteiger partial charge in [0.25, 0.3) is 10.1 Å². The van der Waals surface area contributed by atoms with Crippen molar-refractivity contribution in [3.05, 3.63) is 35.9 Å². The maximum atomic E-state index is 11.5. The molecule has 0 amide bonds. The second-order valence-corrected chi connectivity index (χ2v) is 5.07. The molecule has 15 heavy (non-hydrogen) atoms. The number of rotatable bonds is 5. The number of hydrogen-bond donors (Lipinski definition) is 0. The van der Waals surface area contributed by atoms with E-state index in [1.54, 1.807) is 24.3 Å². The summed E-state index contributed by atoms with van der Waals surface area (Å²) in [5, 5.41) is 0. The molecule has 0 N–H and O–H groups in total. The molecule has 1 aliphatic rings. The van der Waals surface area contributed by atoms with E-state index in [1.807, 2.05) is 6.07 Å². The van der Waals surface area contributed by atoms with Crippen molar-refractivity contribution >= 4 is 10.1 Å². The Kier molecular flexibility index (Phi) is 3.04. The van der Waals surface area contributed by atoms with Gasteiger partial charge in [-0.1, -0.05) is 30.3 Å². The predicted octanol–water partition coefficient (Wildman–Crippen LogP) is 0.932. The number of benzene rings is 1. The van der Waals surface area contributed by atoms with E-state index in [4.69, 9.17) is 8.92 Å². The van der Waals surface area contributed by atoms with Crippen LogP contribution in [0, 0.1) is 0 Å². The van der Waals surface area contributed by atoms with Gasteiger partial charge in [0.2, 0.25) is 0 Å². The SMILES string of the molecule is O=S(=O)(Cc1ccccc1)OCC1CO1. The summed E-state index contributed by atoms with van der Waals surface area (Å²) in [6.07, 6.45) is -0.0319. The summed E-state index contributed by atoms with van der Waals surface area (Å²) in [7, 11) is -3.47. The minimum absolute atomic E-state index is 0.0319. The molecule has 1 atom stereocenters. The second-order valence-electron chi connectivity index (χ2n) is 3.43. The monoisotopic (exact) mass is 228 g/mol. The first-order valence-corrected chi connectivity index (χ1v) is 6.26. The normalized spacial score (nSPS) is 20.1. The molecule has 0 spiro atoms. The molecule has 0 aromatic heterocycles. The number of epoxide rings is 1. The van der Waals surface area contributed by atoms with E-state index in [9.17, 15) is 8.42 Å². The van der Waals surface area contributed by atoms with Crippen molar-refractivity contribution in [3.63, 3.8) is 0 Å². The van der Waals surface area contributed by atoms with Gasteiger partial charge in [-0.25, -0.2) is 0 Å². The van der Waals surface area contributed by atoms with Crippen LogP contribution in [0.5, 0.6) is 0 Å². The van der Waals surface area contributed by atoms with Gasteiger partial charge in [0.1, 0.15) is 11.9 Å². The van der Waals surface area contributed by atoms with Crippen LogP contribution < -0.4 is 0 Å². The molecule has 5 heteroatoms. The molecule has 82 valence electrons. The van der Waals surface area contributed by atoms with Gasteiger partial charge < -0.3 is 4.74 Å². The fourth-order valence-electron chi connectivity index (χ4n) is 1.16. The lowest BCUT2D eigenvalue weighted by Gasteiger charge is -2.03. The van der Waals surface area contributed by atoms with E-state index in [0.717, 1.165) is 5.56 Å². The van der Waals surface area contributed by atoms with Crippen LogP contribution in [-0.2, 0) is 24.8 Å². The summed E-state index contributed by atoms with van der Waals surface area (Å²) >= 11 is 0. The van der Waals surface area contributed by atoms with Gasteiger partial charge >= 0.3 is 0 Å². The Hall–Kier alpha value is -0.910. The van der Waals surface area contributed by atoms with Crippen LogP contribution in [0.15, 0.2) is 30.3 Å². The summed E-state index contributed by atoms with van der Waals surface area (Å²) < 4.78 is 32.6. The zero-order valence-electron chi connectivity index (χ0n) is 8.13. The van der Waals surface area contributed by atoms with Gasteiger partial charge in [-0.3, -0.25) is 4.18 Å². The first-order chi connectivity index (χ1) is 7.16. The lowest BCUT2D eigenvalue weighted by Crippen LogP contribution is -2.12. The van der Waals surface area contributed by atoms with Crippen LogP contribution in [0.4, 0.5) is 0 Å². The summed E-state index contributed by atoms with van der Waals surface area (Å²) in [6, 6.07) is 8.96. The zero-order chi connectivity index (χ0) is 10.7. The van der Waals surface area contributed by atoms with Crippen LogP contribution in [0.2, 0.25) is 0 Å². The third kappa shape index (κ3) is 3.62. The molecule has 4 nitrogen and oxygen atoms in total. The van der Waals surface area contributed by atoms with Crippen LogP contribution in [0.1, 0.15) is 5.56 Å². The minimum Gasteiger partial charge on any atom is -0.371 e. The van der Waals surface area contributed by atoms with Gasteiger partial charge in [-0.05, 0) is 5.56 Å². The van der Waals surface area contributed by atoms with Gasteiger partial charge in [0, 0.05) is 0 Å². The van der Waals surface area contributed by atoms with E-state index in [0.29, 0.717) is 6.61 Å². The molecule has 1 fully saturated rings. The average molecular weight is 228 g/mol. The molecule has 1 aromatic rings. The van der Waals surface area contributed by atoms with E-state index < -0.39 is 10.1 Å². The second kappa shape index (κ2) is 4.30. The summed E-state index contributed by atoms with van der Waals surface area (Å²) in [6.45, 7) is 0.732. The molecular weight excluding hydrogens is 216 g/mol. The smallest absolute Gasteiger partial charge is 0.271 e. The van der Waals surface area contributed by atoms with Crippen molar-refractivity contribution in [3.8, 4) is 0 Å². The van der Waals surface area contributed by atoms with Gasteiger partial charge in [-0.15, -0.1) is 0 Å². The van der Waals surface area contributed by atoms with Crippen molar-refractivity contribution in [2.24, 2.45) is 0 Å². The molecular formula is C10H12O4S. The Morgan fingerprint density at radius 3 is 2.60 bits per heavy atom. The standard InChI is InChI=1S/C10H12O4S/c11-15(12,14-7-10-6-13-10)8-9-4-2-1-3-5-9/h1-5,10H,6-8H2. The summed E-state index contributed by atoms with van der Waals surface area (Å²) in [5.41, 5.74) is 0.731. The molecule has 1 saturated heterocycles. The molecule has 1 aliphatic heterocycles. The Morgan fingerprint density at radius 2 is 2.00 bits per heavy atom. The lowest BCUT2D eigenvalue weighted by molar-refractivity contribution is 0.266. The molecule has 1 aromatic carbocycles. The number of ether oxygens (including phenoxy) is 1. The molecule has 0 saturated carbocycles. The highest BCUT2D eigenvalue weighted by atomic mass is 32.2. The highest BCUT2D eigenvalue weighted by molar-refractivity contribution is 7.85. The largest absolute Gasteiger partial charge is 0.371 e. The van der Waals surface area contributed by atoms with Gasteiger partial charge in [0.15, 0.2) is 0 Å². The van der Waals surface area contributed by atoms with E-state index in [-0.39, 0.29) is 18.5 Å². The first-order valence-electron chi connectivity index (χ1n) is 4.68. The van der Waals surface area contributed by atoms with E-state index in [1.165, 1.54) is 0 Å². The lowest BCUT2D eigenvalue weighted by atomic mass is 10.2. The van der Waals surface area contributed by atoms with Crippen molar-refractivity contribution < 1.29 is 17.3 Å². The van der Waals surface area contributed by atoms with Crippen molar-refractivity contribution in [2.45, 2.75) is 11.9 Å². The zero-order valence-corrected chi connectivity index (χ0v) is 8.94. The van der Waals surface area contributed by atoms with Crippen LogP contribution >= 0.6 is 0 Å². The molecule has 0 radical (unpaired) electrons. The third-order valence-electron chi connectivity index (χ3n) is 2.02. The highest BCUT2D eigenvalue weighted by Crippen LogP contribution is 2.13. The Labute approximate surface area is 88.9 Å². The Balaban J connectivity index is 1.91. The van der Waals surface area contributed by atoms with Crippen molar-refractivity contribution in [1.82, 2.24) is 0 Å². The predicted molar refractivity (Wildman–Crippen MR) is 54.8 cm³/mol. The summed E-state index contributed by atoms with van der Waals surface area (Å²) in [5.74, 6) is -0.0828. The minimum atomic E-state index is -3.47. The van der Waals surface area contributed by atoms with Crippen LogP contribution in [-0.4, -0.2) is 27.7 Å². The molecule has 1 heterocycles. The van der Waals surface area contributed by atoms with E-state index >= 15 is 0 Å². The Bertz CT molecular complexity index is 408. The van der Waals surface area contributed by atoms with Crippen molar-refractivity contribution in [1.29, 1.82) is 0 Å². The van der Waals surface area contributed by atoms with Crippen LogP contribution in [0.3, 0.4) is 0 Å². The Morgan fingerprint density at radius 1 is 1.33 bits per heavy atom. The molecule has 1 unspecified atom stereocenters. The summed E-state index contributed by atoms with van der Waals surface area (Å²) in [4.78, 5) is 0. The maximum absolute atomic E-state index is 11.5. The third-order valence-corrected chi connectivity index (χ3v) is 3.20. The molecule has 0 bridgehead atoms. The first kappa shape index (κ1) is 10.6. The fourth-order valence-corrected chi connectivity index (χ4v) is 2.21. The molecule has 0 aliphatic carbocycles. The highest BCUT2D eigenvalue weighted by Gasteiger charge is 2.25. The van der Waals surface area contributed by atoms with Crippen molar-refractivity contribution in [2.75, 3.05) is 13.2 Å². The maximum Gasteiger partial charge on any atom is 0.271 e.